The maximum absolute atomic E-state index is 12.7. The number of hydrogen-bond acceptors (Lipinski definition) is 2. The van der Waals surface area contributed by atoms with E-state index in [1.54, 1.807) is 0 Å². The molecule has 5 heteroatoms. The number of halogens is 2. The summed E-state index contributed by atoms with van der Waals surface area (Å²) in [5, 5.41) is 3.08. The molecule has 1 aliphatic heterocycles. The molecule has 0 aliphatic carbocycles. The number of carbonyl (C=O) groups is 1. The molecule has 1 N–H and O–H groups in total. The molecule has 2 aromatic carbocycles. The van der Waals surface area contributed by atoms with E-state index in [2.05, 4.69) is 60.3 Å². The molecule has 0 spiro atoms. The van der Waals surface area contributed by atoms with E-state index in [1.165, 1.54) is 5.56 Å². The Morgan fingerprint density at radius 3 is 2.84 bits per heavy atom. The third kappa shape index (κ3) is 5.16. The maximum atomic E-state index is 12.7. The van der Waals surface area contributed by atoms with Crippen molar-refractivity contribution in [2.45, 2.75) is 26.3 Å². The first-order valence-electron chi connectivity index (χ1n) is 8.55. The second-order valence-corrected chi connectivity index (χ2v) is 8.43. The predicted molar refractivity (Wildman–Crippen MR) is 110 cm³/mol. The van der Waals surface area contributed by atoms with Crippen molar-refractivity contribution in [2.24, 2.45) is 5.92 Å². The predicted octanol–water partition coefficient (Wildman–Crippen LogP) is 5.37. The first-order chi connectivity index (χ1) is 12.0. The van der Waals surface area contributed by atoms with E-state index >= 15 is 0 Å². The molecule has 1 heterocycles. The Morgan fingerprint density at radius 1 is 1.24 bits per heavy atom. The van der Waals surface area contributed by atoms with Gasteiger partial charge in [-0.05, 0) is 67.8 Å². The van der Waals surface area contributed by atoms with E-state index in [-0.39, 0.29) is 11.8 Å². The van der Waals surface area contributed by atoms with Gasteiger partial charge in [0.2, 0.25) is 5.91 Å². The van der Waals surface area contributed by atoms with Crippen molar-refractivity contribution in [1.29, 1.82) is 0 Å². The lowest BCUT2D eigenvalue weighted by Gasteiger charge is -2.32. The summed E-state index contributed by atoms with van der Waals surface area (Å²) in [5.41, 5.74) is 3.27. The second kappa shape index (κ2) is 8.47. The van der Waals surface area contributed by atoms with Crippen LogP contribution in [0.2, 0.25) is 0 Å². The fourth-order valence-electron chi connectivity index (χ4n) is 3.27. The first kappa shape index (κ1) is 18.6. The van der Waals surface area contributed by atoms with Crippen molar-refractivity contribution in [3.05, 3.63) is 62.5 Å². The van der Waals surface area contributed by atoms with Gasteiger partial charge in [0.25, 0.3) is 0 Å². The fraction of sp³-hybridized carbons (Fsp3) is 0.350. The molecule has 1 saturated heterocycles. The summed E-state index contributed by atoms with van der Waals surface area (Å²) in [7, 11) is 0. The van der Waals surface area contributed by atoms with E-state index in [0.717, 1.165) is 52.7 Å². The number of aryl methyl sites for hydroxylation is 1. The summed E-state index contributed by atoms with van der Waals surface area (Å²) >= 11 is 7.02. The Morgan fingerprint density at radius 2 is 2.08 bits per heavy atom. The van der Waals surface area contributed by atoms with Gasteiger partial charge in [-0.25, -0.2) is 0 Å². The minimum Gasteiger partial charge on any atom is -0.326 e. The number of nitrogens with zero attached hydrogens (tertiary/aromatic N) is 1. The molecule has 3 rings (SSSR count). The van der Waals surface area contributed by atoms with Crippen LogP contribution in [0.1, 0.15) is 24.0 Å². The minimum absolute atomic E-state index is 0.0462. The number of amides is 1. The van der Waals surface area contributed by atoms with Crippen molar-refractivity contribution in [2.75, 3.05) is 18.4 Å². The molecule has 25 heavy (non-hydrogen) atoms. The molecule has 1 fully saturated rings. The molecule has 1 unspecified atom stereocenters. The van der Waals surface area contributed by atoms with Crippen molar-refractivity contribution in [3.8, 4) is 0 Å². The van der Waals surface area contributed by atoms with Crippen molar-refractivity contribution in [3.63, 3.8) is 0 Å². The standard InChI is InChI=1S/C20H22Br2N2O/c1-14-10-18(7-8-19(14)22)23-20(25)16-5-3-9-24(13-16)12-15-4-2-6-17(21)11-15/h2,4,6-8,10-11,16H,3,5,9,12-13H2,1H3,(H,23,25). The Bertz CT molecular complexity index is 763. The van der Waals surface area contributed by atoms with Crippen molar-refractivity contribution in [1.82, 2.24) is 4.90 Å². The van der Waals surface area contributed by atoms with E-state index < -0.39 is 0 Å². The highest BCUT2D eigenvalue weighted by atomic mass is 79.9. The van der Waals surface area contributed by atoms with Gasteiger partial charge in [0.1, 0.15) is 0 Å². The second-order valence-electron chi connectivity index (χ2n) is 6.66. The van der Waals surface area contributed by atoms with Crippen molar-refractivity contribution < 1.29 is 4.79 Å². The van der Waals surface area contributed by atoms with E-state index in [1.807, 2.05) is 31.2 Å². The average Bonchev–Trinajstić information content (AvgIpc) is 2.58. The number of carbonyl (C=O) groups excluding carboxylic acids is 1. The van der Waals surface area contributed by atoms with Crippen LogP contribution in [0.5, 0.6) is 0 Å². The Kier molecular flexibility index (Phi) is 6.31. The van der Waals surface area contributed by atoms with Crippen LogP contribution in [0.15, 0.2) is 51.4 Å². The van der Waals surface area contributed by atoms with Gasteiger partial charge in [-0.2, -0.15) is 0 Å². The normalized spacial score (nSPS) is 18.1. The van der Waals surface area contributed by atoms with Crippen LogP contribution in [0.4, 0.5) is 5.69 Å². The Balaban J connectivity index is 1.60. The fourth-order valence-corrected chi connectivity index (χ4v) is 3.97. The van der Waals surface area contributed by atoms with Crippen LogP contribution in [-0.4, -0.2) is 23.9 Å². The van der Waals surface area contributed by atoms with E-state index in [0.29, 0.717) is 0 Å². The quantitative estimate of drug-likeness (QED) is 0.658. The highest BCUT2D eigenvalue weighted by Crippen LogP contribution is 2.23. The SMILES string of the molecule is Cc1cc(NC(=O)C2CCCN(Cc3cccc(Br)c3)C2)ccc1Br. The number of hydrogen-bond donors (Lipinski definition) is 1. The lowest BCUT2D eigenvalue weighted by molar-refractivity contribution is -0.121. The van der Waals surface area contributed by atoms with E-state index in [4.69, 9.17) is 0 Å². The molecule has 1 atom stereocenters. The summed E-state index contributed by atoms with van der Waals surface area (Å²) < 4.78 is 2.16. The summed E-state index contributed by atoms with van der Waals surface area (Å²) in [6, 6.07) is 14.3. The molecule has 3 nitrogen and oxygen atoms in total. The van der Waals surface area contributed by atoms with E-state index in [9.17, 15) is 4.79 Å². The number of benzene rings is 2. The zero-order chi connectivity index (χ0) is 17.8. The topological polar surface area (TPSA) is 32.3 Å². The minimum atomic E-state index is 0.0462. The zero-order valence-electron chi connectivity index (χ0n) is 14.3. The number of piperidine rings is 1. The molecular formula is C20H22Br2N2O. The van der Waals surface area contributed by atoms with Gasteiger partial charge >= 0.3 is 0 Å². The van der Waals surface area contributed by atoms with Crippen LogP contribution >= 0.6 is 31.9 Å². The number of nitrogens with one attached hydrogen (secondary N) is 1. The highest BCUT2D eigenvalue weighted by Gasteiger charge is 2.26. The number of anilines is 1. The molecule has 1 aliphatic rings. The molecule has 0 bridgehead atoms. The molecule has 1 amide bonds. The summed E-state index contributed by atoms with van der Waals surface area (Å²) in [4.78, 5) is 15.0. The van der Waals surface area contributed by atoms with Crippen LogP contribution in [0, 0.1) is 12.8 Å². The lowest BCUT2D eigenvalue weighted by atomic mass is 9.96. The van der Waals surface area contributed by atoms with Gasteiger partial charge in [0.15, 0.2) is 0 Å². The van der Waals surface area contributed by atoms with Gasteiger partial charge in [-0.15, -0.1) is 0 Å². The van der Waals surface area contributed by atoms with Gasteiger partial charge in [-0.3, -0.25) is 9.69 Å². The first-order valence-corrected chi connectivity index (χ1v) is 10.1. The van der Waals surface area contributed by atoms with Gasteiger partial charge < -0.3 is 5.32 Å². The molecule has 0 aromatic heterocycles. The zero-order valence-corrected chi connectivity index (χ0v) is 17.4. The molecule has 0 radical (unpaired) electrons. The maximum Gasteiger partial charge on any atom is 0.228 e. The summed E-state index contributed by atoms with van der Waals surface area (Å²) in [6.45, 7) is 4.78. The van der Waals surface area contributed by atoms with Crippen LogP contribution in [0.25, 0.3) is 0 Å². The third-order valence-electron chi connectivity index (χ3n) is 4.60. The van der Waals surface area contributed by atoms with Crippen LogP contribution < -0.4 is 5.32 Å². The Hall–Kier alpha value is -1.17. The van der Waals surface area contributed by atoms with Gasteiger partial charge in [0.05, 0.1) is 5.92 Å². The third-order valence-corrected chi connectivity index (χ3v) is 5.98. The van der Waals surface area contributed by atoms with Crippen LogP contribution in [-0.2, 0) is 11.3 Å². The average molecular weight is 466 g/mol. The number of rotatable bonds is 4. The highest BCUT2D eigenvalue weighted by molar-refractivity contribution is 9.10. The summed E-state index contributed by atoms with van der Waals surface area (Å²) in [5.74, 6) is 0.172. The summed E-state index contributed by atoms with van der Waals surface area (Å²) in [6.07, 6.45) is 2.02. The lowest BCUT2D eigenvalue weighted by Crippen LogP contribution is -2.40. The van der Waals surface area contributed by atoms with Crippen LogP contribution in [0.3, 0.4) is 0 Å². The van der Waals surface area contributed by atoms with Gasteiger partial charge in [-0.1, -0.05) is 44.0 Å². The Labute approximate surface area is 166 Å². The smallest absolute Gasteiger partial charge is 0.228 e. The van der Waals surface area contributed by atoms with Gasteiger partial charge in [0, 0.05) is 27.7 Å². The molecule has 2 aromatic rings. The molecular weight excluding hydrogens is 444 g/mol. The van der Waals surface area contributed by atoms with Crippen molar-refractivity contribution >= 4 is 43.5 Å². The molecule has 132 valence electrons. The largest absolute Gasteiger partial charge is 0.326 e. The monoisotopic (exact) mass is 464 g/mol. The number of likely N-dealkylation sites (tertiary alicyclic amines) is 1. The molecule has 0 saturated carbocycles.